The Labute approximate surface area is 139 Å². The molecule has 0 unspecified atom stereocenters. The first-order chi connectivity index (χ1) is 11.3. The van der Waals surface area contributed by atoms with Crippen LogP contribution in [0, 0.1) is 6.92 Å². The molecule has 7 heteroatoms. The topological polar surface area (TPSA) is 102 Å². The Morgan fingerprint density at radius 3 is 2.50 bits per heavy atom. The minimum Gasteiger partial charge on any atom is -0.464 e. The summed E-state index contributed by atoms with van der Waals surface area (Å²) in [5.41, 5.74) is 2.61. The van der Waals surface area contributed by atoms with E-state index in [2.05, 4.69) is 5.32 Å². The predicted molar refractivity (Wildman–Crippen MR) is 92.4 cm³/mol. The first kappa shape index (κ1) is 16.2. The van der Waals surface area contributed by atoms with E-state index in [0.717, 1.165) is 5.56 Å². The van der Waals surface area contributed by atoms with Crippen LogP contribution < -0.4 is 15.9 Å². The van der Waals surface area contributed by atoms with Crippen molar-refractivity contribution in [2.75, 3.05) is 5.32 Å². The van der Waals surface area contributed by atoms with Crippen LogP contribution in [-0.2, 0) is 16.6 Å². The Hall–Kier alpha value is -2.64. The number of benzene rings is 2. The summed E-state index contributed by atoms with van der Waals surface area (Å²) in [7, 11) is -3.71. The first-order valence-electron chi connectivity index (χ1n) is 7.22. The number of anilines is 1. The van der Waals surface area contributed by atoms with E-state index < -0.39 is 10.0 Å². The summed E-state index contributed by atoms with van der Waals surface area (Å²) in [6, 6.07) is 11.4. The van der Waals surface area contributed by atoms with Crippen molar-refractivity contribution in [3.63, 3.8) is 0 Å². The van der Waals surface area contributed by atoms with Crippen molar-refractivity contribution in [1.29, 1.82) is 0 Å². The molecular weight excluding hydrogens is 328 g/mol. The second kappa shape index (κ2) is 6.10. The molecule has 0 radical (unpaired) electrons. The molecule has 0 aliphatic carbocycles. The zero-order valence-electron chi connectivity index (χ0n) is 12.9. The maximum atomic E-state index is 12.5. The van der Waals surface area contributed by atoms with Gasteiger partial charge in [-0.2, -0.15) is 0 Å². The number of sulfonamides is 1. The molecule has 0 atom stereocenters. The van der Waals surface area contributed by atoms with Crippen molar-refractivity contribution in [3.8, 4) is 0 Å². The maximum absolute atomic E-state index is 12.5. The molecule has 0 saturated carbocycles. The minimum absolute atomic E-state index is 0.0359. The minimum atomic E-state index is -3.71. The van der Waals surface area contributed by atoms with Gasteiger partial charge in [-0.05, 0) is 43.3 Å². The van der Waals surface area contributed by atoms with E-state index in [0.29, 0.717) is 22.2 Å². The summed E-state index contributed by atoms with van der Waals surface area (Å²) in [6.45, 7) is 2.18. The summed E-state index contributed by atoms with van der Waals surface area (Å²) < 4.78 is 27.9. The van der Waals surface area contributed by atoms with E-state index >= 15 is 0 Å². The second-order valence-corrected chi connectivity index (χ2v) is 7.07. The molecule has 3 rings (SSSR count). The number of fused-ring (bicyclic) bond motifs is 1. The highest BCUT2D eigenvalue weighted by Crippen LogP contribution is 2.16. The van der Waals surface area contributed by atoms with Gasteiger partial charge in [0.1, 0.15) is 5.58 Å². The molecule has 0 spiro atoms. The molecule has 0 fully saturated rings. The van der Waals surface area contributed by atoms with E-state index in [1.54, 1.807) is 24.3 Å². The van der Waals surface area contributed by atoms with Crippen molar-refractivity contribution in [2.24, 2.45) is 5.14 Å². The number of hydrogen-bond acceptors (Lipinski definition) is 5. The molecule has 124 valence electrons. The summed E-state index contributed by atoms with van der Waals surface area (Å²) in [5, 5.41) is 8.66. The quantitative estimate of drug-likeness (QED) is 0.756. The Morgan fingerprint density at radius 2 is 1.83 bits per heavy atom. The van der Waals surface area contributed by atoms with E-state index in [1.165, 1.54) is 18.4 Å². The molecule has 0 bridgehead atoms. The van der Waals surface area contributed by atoms with Gasteiger partial charge in [-0.15, -0.1) is 0 Å². The lowest BCUT2D eigenvalue weighted by atomic mass is 10.1. The number of nitrogens with two attached hydrogens (primary N) is 1. The number of primary sulfonamides is 1. The van der Waals surface area contributed by atoms with Crippen molar-refractivity contribution in [3.05, 3.63) is 70.1 Å². The van der Waals surface area contributed by atoms with Gasteiger partial charge in [0.05, 0.1) is 22.1 Å². The first-order valence-corrected chi connectivity index (χ1v) is 8.77. The number of aryl methyl sites for hydroxylation is 1. The van der Waals surface area contributed by atoms with Gasteiger partial charge in [-0.3, -0.25) is 4.79 Å². The molecule has 0 aliphatic rings. The third-order valence-electron chi connectivity index (χ3n) is 3.67. The van der Waals surface area contributed by atoms with Gasteiger partial charge in [0.2, 0.25) is 10.0 Å². The van der Waals surface area contributed by atoms with Gasteiger partial charge in [0, 0.05) is 12.2 Å². The van der Waals surface area contributed by atoms with Gasteiger partial charge in [0.15, 0.2) is 5.43 Å². The zero-order chi connectivity index (χ0) is 17.3. The van der Waals surface area contributed by atoms with E-state index in [-0.39, 0.29) is 16.9 Å². The van der Waals surface area contributed by atoms with Crippen LogP contribution in [0.3, 0.4) is 0 Å². The lowest BCUT2D eigenvalue weighted by molar-refractivity contribution is 0.594. The van der Waals surface area contributed by atoms with Crippen LogP contribution in [0.25, 0.3) is 11.0 Å². The molecule has 0 saturated heterocycles. The summed E-state index contributed by atoms with van der Waals surface area (Å²) in [5.74, 6) is 0. The van der Waals surface area contributed by atoms with E-state index in [9.17, 15) is 13.2 Å². The lowest BCUT2D eigenvalue weighted by Crippen LogP contribution is -2.14. The third-order valence-corrected chi connectivity index (χ3v) is 4.59. The normalized spacial score (nSPS) is 11.6. The van der Waals surface area contributed by atoms with Crippen molar-refractivity contribution in [1.82, 2.24) is 0 Å². The van der Waals surface area contributed by atoms with Crippen molar-refractivity contribution >= 4 is 26.7 Å². The van der Waals surface area contributed by atoms with Crippen molar-refractivity contribution in [2.45, 2.75) is 18.4 Å². The molecule has 1 aromatic heterocycles. The largest absolute Gasteiger partial charge is 0.464 e. The molecular formula is C17H16N2O4S. The summed E-state index contributed by atoms with van der Waals surface area (Å²) in [6.07, 6.45) is 1.44. The fraction of sp³-hybridized carbons (Fsp3) is 0.118. The van der Waals surface area contributed by atoms with Gasteiger partial charge in [-0.25, -0.2) is 13.6 Å². The highest BCUT2D eigenvalue weighted by atomic mass is 32.2. The monoisotopic (exact) mass is 344 g/mol. The fourth-order valence-electron chi connectivity index (χ4n) is 2.37. The fourth-order valence-corrected chi connectivity index (χ4v) is 2.88. The number of nitrogens with one attached hydrogen (secondary N) is 1. The van der Waals surface area contributed by atoms with Crippen LogP contribution >= 0.6 is 0 Å². The summed E-state index contributed by atoms with van der Waals surface area (Å²) in [4.78, 5) is 12.5. The van der Waals surface area contributed by atoms with Crippen LogP contribution in [0.15, 0.2) is 62.8 Å². The lowest BCUT2D eigenvalue weighted by Gasteiger charge is -2.07. The maximum Gasteiger partial charge on any atom is 0.238 e. The molecule has 0 amide bonds. The molecule has 1 heterocycles. The van der Waals surface area contributed by atoms with E-state index in [1.807, 2.05) is 13.0 Å². The molecule has 3 aromatic rings. The zero-order valence-corrected chi connectivity index (χ0v) is 13.8. The van der Waals surface area contributed by atoms with Crippen molar-refractivity contribution < 1.29 is 12.8 Å². The summed E-state index contributed by atoms with van der Waals surface area (Å²) >= 11 is 0. The molecule has 2 aromatic carbocycles. The molecule has 0 aliphatic heterocycles. The average molecular weight is 344 g/mol. The molecule has 6 nitrogen and oxygen atoms in total. The highest BCUT2D eigenvalue weighted by molar-refractivity contribution is 7.89. The van der Waals surface area contributed by atoms with Crippen LogP contribution in [0.4, 0.5) is 5.69 Å². The number of hydrogen-bond donors (Lipinski definition) is 2. The number of rotatable bonds is 4. The Bertz CT molecular complexity index is 1050. The van der Waals surface area contributed by atoms with E-state index in [4.69, 9.17) is 9.56 Å². The third kappa shape index (κ3) is 3.32. The van der Waals surface area contributed by atoms with Crippen LogP contribution in [-0.4, -0.2) is 8.42 Å². The van der Waals surface area contributed by atoms with Gasteiger partial charge in [0.25, 0.3) is 0 Å². The van der Waals surface area contributed by atoms with Crippen LogP contribution in [0.5, 0.6) is 0 Å². The van der Waals surface area contributed by atoms with Gasteiger partial charge < -0.3 is 9.73 Å². The standard InChI is InChI=1S/C17H16N2O4S/c1-11-2-7-16-15(8-11)17(20)12(10-23-16)9-19-13-3-5-14(6-4-13)24(18,21)22/h2-8,10,19H,9H2,1H3,(H2,18,21,22). The Kier molecular flexibility index (Phi) is 4.13. The second-order valence-electron chi connectivity index (χ2n) is 5.51. The average Bonchev–Trinajstić information content (AvgIpc) is 2.54. The smallest absolute Gasteiger partial charge is 0.238 e. The van der Waals surface area contributed by atoms with Gasteiger partial charge >= 0.3 is 0 Å². The predicted octanol–water partition coefficient (Wildman–Crippen LogP) is 2.36. The molecule has 24 heavy (non-hydrogen) atoms. The SMILES string of the molecule is Cc1ccc2occ(CNc3ccc(S(N)(=O)=O)cc3)c(=O)c2c1. The van der Waals surface area contributed by atoms with Crippen LogP contribution in [0.2, 0.25) is 0 Å². The van der Waals surface area contributed by atoms with Gasteiger partial charge in [-0.1, -0.05) is 11.6 Å². The molecule has 3 N–H and O–H groups in total. The van der Waals surface area contributed by atoms with Crippen LogP contribution in [0.1, 0.15) is 11.1 Å². The highest BCUT2D eigenvalue weighted by Gasteiger charge is 2.09. The Balaban J connectivity index is 1.83. The Morgan fingerprint density at radius 1 is 1.12 bits per heavy atom.